The summed E-state index contributed by atoms with van der Waals surface area (Å²) >= 11 is 0. The molecule has 0 spiro atoms. The minimum absolute atomic E-state index is 0.201. The highest BCUT2D eigenvalue weighted by atomic mass is 32.3. The Morgan fingerprint density at radius 1 is 1.19 bits per heavy atom. The lowest BCUT2D eigenvalue weighted by atomic mass is 9.73. The Morgan fingerprint density at radius 2 is 1.44 bits per heavy atom. The molecule has 0 aromatic carbocycles. The van der Waals surface area contributed by atoms with Crippen molar-refractivity contribution in [3.63, 3.8) is 0 Å². The van der Waals surface area contributed by atoms with Crippen LogP contribution in [-0.4, -0.2) is 45.7 Å². The van der Waals surface area contributed by atoms with Gasteiger partial charge < -0.3 is 10.2 Å². The van der Waals surface area contributed by atoms with E-state index in [2.05, 4.69) is 0 Å². The molecule has 4 N–H and O–H groups in total. The number of hydrogen-bond acceptors (Lipinski definition) is 5. The number of carbonyl (C=O) groups is 1. The number of hydrogen-bond donors (Lipinski definition) is 4. The maximum Gasteiger partial charge on any atom is 0.394 e. The first-order valence-electron chi connectivity index (χ1n) is 4.30. The van der Waals surface area contributed by atoms with Gasteiger partial charge in [0.2, 0.25) is 0 Å². The topological polar surface area (TPSA) is 132 Å². The van der Waals surface area contributed by atoms with Crippen molar-refractivity contribution in [3.8, 4) is 0 Å². The van der Waals surface area contributed by atoms with Gasteiger partial charge in [0.05, 0.1) is 17.6 Å². The Balaban J connectivity index is 0. The highest BCUT2D eigenvalue weighted by Crippen LogP contribution is 2.30. The monoisotopic (exact) mass is 258 g/mol. The number of aliphatic hydroxyl groups excluding tert-OH is 1. The predicted octanol–water partition coefficient (Wildman–Crippen LogP) is -0.308. The molecule has 0 aliphatic carbocycles. The zero-order valence-corrected chi connectivity index (χ0v) is 10.4. The van der Waals surface area contributed by atoms with Gasteiger partial charge in [-0.05, 0) is 27.7 Å². The summed E-state index contributed by atoms with van der Waals surface area (Å²) in [6.07, 6.45) is 0. The van der Waals surface area contributed by atoms with E-state index in [-0.39, 0.29) is 12.4 Å². The van der Waals surface area contributed by atoms with Crippen LogP contribution in [0.3, 0.4) is 0 Å². The normalized spacial score (nSPS) is 15.8. The maximum atomic E-state index is 11.0. The number of rotatable bonds is 3. The molecule has 0 radical (unpaired) electrons. The van der Waals surface area contributed by atoms with Crippen LogP contribution in [0.25, 0.3) is 0 Å². The molecular weight excluding hydrogens is 240 g/mol. The van der Waals surface area contributed by atoms with Crippen molar-refractivity contribution in [2.24, 2.45) is 5.41 Å². The highest BCUT2D eigenvalue weighted by molar-refractivity contribution is 7.79. The van der Waals surface area contributed by atoms with Crippen LogP contribution in [0.5, 0.6) is 0 Å². The molecule has 0 saturated heterocycles. The molecule has 0 bridgehead atoms. The van der Waals surface area contributed by atoms with Gasteiger partial charge in [0.25, 0.3) is 0 Å². The van der Waals surface area contributed by atoms with Gasteiger partial charge in [-0.2, -0.15) is 8.42 Å². The molecule has 0 aliphatic heterocycles. The van der Waals surface area contributed by atoms with Crippen molar-refractivity contribution in [2.75, 3.05) is 6.61 Å². The Kier molecular flexibility index (Phi) is 6.34. The minimum Gasteiger partial charge on any atom is -0.395 e. The van der Waals surface area contributed by atoms with Crippen LogP contribution in [0, 0.1) is 5.41 Å². The van der Waals surface area contributed by atoms with Crippen molar-refractivity contribution in [2.45, 2.75) is 33.3 Å². The molecule has 0 amide bonds. The van der Waals surface area contributed by atoms with Crippen molar-refractivity contribution in [3.05, 3.63) is 0 Å². The summed E-state index contributed by atoms with van der Waals surface area (Å²) in [7, 11) is -4.67. The molecule has 0 fully saturated rings. The van der Waals surface area contributed by atoms with Crippen LogP contribution in [-0.2, 0) is 15.2 Å². The number of ketones is 1. The van der Waals surface area contributed by atoms with E-state index in [0.717, 1.165) is 0 Å². The maximum absolute atomic E-state index is 11.0. The van der Waals surface area contributed by atoms with E-state index in [1.165, 1.54) is 20.8 Å². The highest BCUT2D eigenvalue weighted by Gasteiger charge is 2.43. The summed E-state index contributed by atoms with van der Waals surface area (Å²) in [4.78, 5) is 11.0. The lowest BCUT2D eigenvalue weighted by Crippen LogP contribution is -2.48. The fourth-order valence-corrected chi connectivity index (χ4v) is 0.736. The Morgan fingerprint density at radius 3 is 1.44 bits per heavy atom. The molecule has 0 heterocycles. The van der Waals surface area contributed by atoms with Crippen LogP contribution in [0.15, 0.2) is 0 Å². The molecule has 0 aromatic rings. The van der Waals surface area contributed by atoms with Gasteiger partial charge in [-0.15, -0.1) is 0 Å². The number of aliphatic hydroxyl groups is 2. The molecule has 8 heteroatoms. The fraction of sp³-hybridized carbons (Fsp3) is 0.875. The lowest BCUT2D eigenvalue weighted by molar-refractivity contribution is -0.144. The summed E-state index contributed by atoms with van der Waals surface area (Å²) in [5, 5.41) is 18.4. The van der Waals surface area contributed by atoms with Gasteiger partial charge in [0.15, 0.2) is 0 Å². The van der Waals surface area contributed by atoms with Crippen LogP contribution in [0.2, 0.25) is 0 Å². The standard InChI is InChI=1S/C8H16O3.H2O4S/c1-6(10)8(4,5-9)7(2,3)11;1-5(2,3)4/h9,11H,5H2,1-4H3;(H2,1,2,3,4). The van der Waals surface area contributed by atoms with Gasteiger partial charge in [-0.25, -0.2) is 0 Å². The molecule has 16 heavy (non-hydrogen) atoms. The molecule has 1 atom stereocenters. The second-order valence-corrected chi connectivity index (χ2v) is 4.95. The average molecular weight is 258 g/mol. The summed E-state index contributed by atoms with van der Waals surface area (Å²) in [5.74, 6) is -0.201. The number of carbonyl (C=O) groups excluding carboxylic acids is 1. The third-order valence-corrected chi connectivity index (χ3v) is 2.44. The van der Waals surface area contributed by atoms with Gasteiger partial charge in [-0.1, -0.05) is 0 Å². The van der Waals surface area contributed by atoms with E-state index in [1.807, 2.05) is 0 Å². The average Bonchev–Trinajstić information content (AvgIpc) is 1.97. The second kappa shape index (κ2) is 5.69. The Bertz CT molecular complexity index is 319. The van der Waals surface area contributed by atoms with E-state index in [0.29, 0.717) is 0 Å². The largest absolute Gasteiger partial charge is 0.395 e. The fourth-order valence-electron chi connectivity index (χ4n) is 0.736. The molecule has 0 rings (SSSR count). The van der Waals surface area contributed by atoms with Crippen LogP contribution >= 0.6 is 0 Å². The van der Waals surface area contributed by atoms with Crippen LogP contribution in [0.4, 0.5) is 0 Å². The summed E-state index contributed by atoms with van der Waals surface area (Å²) in [6.45, 7) is 5.63. The molecule has 0 saturated carbocycles. The van der Waals surface area contributed by atoms with E-state index >= 15 is 0 Å². The van der Waals surface area contributed by atoms with Crippen molar-refractivity contribution in [1.82, 2.24) is 0 Å². The van der Waals surface area contributed by atoms with Gasteiger partial charge in [-0.3, -0.25) is 13.9 Å². The molecule has 7 nitrogen and oxygen atoms in total. The Hall–Kier alpha value is -0.540. The SMILES string of the molecule is CC(=O)C(C)(CO)C(C)(C)O.O=S(=O)(O)O. The summed E-state index contributed by atoms with van der Waals surface area (Å²) in [5.41, 5.74) is -2.22. The first kappa shape index (κ1) is 17.8. The molecule has 1 unspecified atom stereocenters. The van der Waals surface area contributed by atoms with Crippen molar-refractivity contribution in [1.29, 1.82) is 0 Å². The van der Waals surface area contributed by atoms with E-state index < -0.39 is 21.4 Å². The lowest BCUT2D eigenvalue weighted by Gasteiger charge is -2.36. The summed E-state index contributed by atoms with van der Waals surface area (Å²) in [6, 6.07) is 0. The quantitative estimate of drug-likeness (QED) is 0.510. The van der Waals surface area contributed by atoms with Gasteiger partial charge in [0.1, 0.15) is 5.78 Å². The van der Waals surface area contributed by atoms with Gasteiger partial charge >= 0.3 is 10.4 Å². The smallest absolute Gasteiger partial charge is 0.394 e. The molecule has 0 aromatic heterocycles. The second-order valence-electron chi connectivity index (χ2n) is 4.05. The first-order chi connectivity index (χ1) is 6.75. The van der Waals surface area contributed by atoms with Crippen molar-refractivity contribution < 1.29 is 32.5 Å². The molecular formula is C8H18O7S. The predicted molar refractivity (Wildman–Crippen MR) is 56.3 cm³/mol. The van der Waals surface area contributed by atoms with Crippen molar-refractivity contribution >= 4 is 16.2 Å². The minimum atomic E-state index is -4.67. The molecule has 0 aliphatic rings. The number of Topliss-reactive ketones (excluding diaryl/α,β-unsaturated/α-hetero) is 1. The Labute approximate surface area is 94.7 Å². The third kappa shape index (κ3) is 6.85. The first-order valence-corrected chi connectivity index (χ1v) is 5.69. The van der Waals surface area contributed by atoms with E-state index in [4.69, 9.17) is 22.6 Å². The zero-order chi connectivity index (χ0) is 13.8. The van der Waals surface area contributed by atoms with E-state index in [1.54, 1.807) is 6.92 Å². The van der Waals surface area contributed by atoms with Gasteiger partial charge in [0, 0.05) is 0 Å². The van der Waals surface area contributed by atoms with Crippen LogP contribution in [0.1, 0.15) is 27.7 Å². The van der Waals surface area contributed by atoms with E-state index in [9.17, 15) is 9.90 Å². The molecule has 98 valence electrons. The third-order valence-electron chi connectivity index (χ3n) is 2.44. The summed E-state index contributed by atoms with van der Waals surface area (Å²) < 4.78 is 31.6. The van der Waals surface area contributed by atoms with Crippen LogP contribution < -0.4 is 0 Å². The zero-order valence-electron chi connectivity index (χ0n) is 9.63.